The molecule has 0 saturated carbocycles. The molecule has 0 unspecified atom stereocenters. The van der Waals surface area contributed by atoms with Crippen LogP contribution in [0.5, 0.6) is 0 Å². The number of Topliss-reactive ketones (excluding diaryl/α,β-unsaturated/α-hetero) is 1. The van der Waals surface area contributed by atoms with E-state index in [9.17, 15) is 22.0 Å². The number of rotatable bonds is 11. The number of sulfonamides is 1. The minimum atomic E-state index is -3.78. The average Bonchev–Trinajstić information content (AvgIpc) is 3.02. The van der Waals surface area contributed by atoms with Crippen LogP contribution in [0.25, 0.3) is 0 Å². The molecule has 0 bridgehead atoms. The topological polar surface area (TPSA) is 105 Å². The van der Waals surface area contributed by atoms with Gasteiger partial charge in [-0.15, -0.1) is 0 Å². The zero-order valence-corrected chi connectivity index (χ0v) is 25.7. The molecule has 0 aliphatic carbocycles. The maximum Gasteiger partial charge on any atom is 0.243 e. The van der Waals surface area contributed by atoms with Crippen molar-refractivity contribution in [2.45, 2.75) is 42.2 Å². The van der Waals surface area contributed by atoms with Gasteiger partial charge in [0, 0.05) is 55.3 Å². The molecule has 2 heterocycles. The second-order valence-electron chi connectivity index (χ2n) is 11.0. The predicted octanol–water partition coefficient (Wildman–Crippen LogP) is 5.02. The van der Waals surface area contributed by atoms with Crippen LogP contribution in [0.15, 0.2) is 90.1 Å². The smallest absolute Gasteiger partial charge is 0.243 e. The third kappa shape index (κ3) is 7.62. The lowest BCUT2D eigenvalue weighted by atomic mass is 9.82. The van der Waals surface area contributed by atoms with Gasteiger partial charge in [0.15, 0.2) is 5.78 Å². The number of hydrogen-bond acceptors (Lipinski definition) is 6. The van der Waals surface area contributed by atoms with Gasteiger partial charge in [-0.25, -0.2) is 21.6 Å². The number of nitrogens with one attached hydrogen (secondary N) is 1. The van der Waals surface area contributed by atoms with Gasteiger partial charge >= 0.3 is 0 Å². The van der Waals surface area contributed by atoms with Crippen LogP contribution in [-0.4, -0.2) is 55.2 Å². The largest absolute Gasteiger partial charge is 0.321 e. The van der Waals surface area contributed by atoms with Crippen molar-refractivity contribution in [1.29, 1.82) is 0 Å². The quantitative estimate of drug-likeness (QED) is 0.235. The highest BCUT2D eigenvalue weighted by atomic mass is 35.5. The number of carbonyl (C=O) groups is 1. The van der Waals surface area contributed by atoms with Gasteiger partial charge in [-0.3, -0.25) is 9.78 Å². The van der Waals surface area contributed by atoms with E-state index in [1.54, 1.807) is 54.6 Å². The summed E-state index contributed by atoms with van der Waals surface area (Å²) in [5.74, 6) is -3.69. The number of benzene rings is 3. The molecule has 0 radical (unpaired) electrons. The van der Waals surface area contributed by atoms with Gasteiger partial charge in [0.05, 0.1) is 17.1 Å². The molecule has 1 fully saturated rings. The van der Waals surface area contributed by atoms with E-state index in [0.717, 1.165) is 24.4 Å². The molecule has 1 aromatic heterocycles. The van der Waals surface area contributed by atoms with E-state index >= 15 is 4.39 Å². The molecule has 3 atom stereocenters. The molecule has 0 amide bonds. The molecule has 236 valence electrons. The van der Waals surface area contributed by atoms with Gasteiger partial charge in [0.25, 0.3) is 0 Å². The lowest BCUT2D eigenvalue weighted by Gasteiger charge is -2.35. The Morgan fingerprint density at radius 1 is 1.00 bits per heavy atom. The van der Waals surface area contributed by atoms with Gasteiger partial charge in [-0.05, 0) is 71.5 Å². The first-order valence-corrected chi connectivity index (χ1v) is 16.2. The zero-order chi connectivity index (χ0) is 32.1. The summed E-state index contributed by atoms with van der Waals surface area (Å²) in [5, 5.41) is 3.64. The summed E-state index contributed by atoms with van der Waals surface area (Å²) >= 11 is 6.04. The molecule has 5 rings (SSSR count). The highest BCUT2D eigenvalue weighted by molar-refractivity contribution is 7.89. The van der Waals surface area contributed by atoms with Crippen LogP contribution >= 0.6 is 11.6 Å². The molecule has 3 aromatic carbocycles. The maximum atomic E-state index is 15.2. The lowest BCUT2D eigenvalue weighted by Crippen LogP contribution is -2.53. The number of ketones is 1. The monoisotopic (exact) mass is 656 g/mol. The highest BCUT2D eigenvalue weighted by Gasteiger charge is 2.34. The Balaban J connectivity index is 1.38. The molecule has 4 aromatic rings. The van der Waals surface area contributed by atoms with Crippen molar-refractivity contribution >= 4 is 27.4 Å². The number of nitrogens with two attached hydrogens (primary N) is 1. The van der Waals surface area contributed by atoms with Crippen molar-refractivity contribution in [1.82, 2.24) is 14.6 Å². The lowest BCUT2D eigenvalue weighted by molar-refractivity contribution is -0.119. The highest BCUT2D eigenvalue weighted by Crippen LogP contribution is 2.31. The minimum absolute atomic E-state index is 0.134. The summed E-state index contributed by atoms with van der Waals surface area (Å²) in [4.78, 5) is 17.8. The summed E-state index contributed by atoms with van der Waals surface area (Å²) in [7, 11) is -3.78. The summed E-state index contributed by atoms with van der Waals surface area (Å²) in [6, 6.07) is 15.8. The van der Waals surface area contributed by atoms with E-state index < -0.39 is 51.3 Å². The Bertz CT molecular complexity index is 1740. The normalized spacial score (nSPS) is 17.1. The molecule has 1 aliphatic rings. The van der Waals surface area contributed by atoms with Crippen LogP contribution in [0, 0.1) is 17.5 Å². The number of halogens is 4. The summed E-state index contributed by atoms with van der Waals surface area (Å²) in [5.41, 5.74) is 7.71. The summed E-state index contributed by atoms with van der Waals surface area (Å²) < 4.78 is 72.0. The van der Waals surface area contributed by atoms with Crippen LogP contribution < -0.4 is 11.1 Å². The van der Waals surface area contributed by atoms with Crippen LogP contribution in [0.3, 0.4) is 0 Å². The number of carbonyl (C=O) groups excluding carboxylic acids is 1. The Kier molecular flexibility index (Phi) is 10.4. The standard InChI is InChI=1S/C33H32ClF3N4O3S/c34-24-8-6-21(7-9-24)32(22-14-25(35)17-26(36)15-22)33(38)31(42)16-23-18-40-20-30(37)29(23)11-10-27-19-39-12-13-41(27)45(43,44)28-4-2-1-3-5-28/h1-9,14-15,17-18,20,27,32-33,39H,10-13,16,19,38H2/t27-,32-,33+/m0/s1. The van der Waals surface area contributed by atoms with Gasteiger partial charge in [-0.2, -0.15) is 4.31 Å². The maximum absolute atomic E-state index is 15.2. The third-order valence-corrected chi connectivity index (χ3v) is 10.3. The summed E-state index contributed by atoms with van der Waals surface area (Å²) in [6.07, 6.45) is 2.56. The van der Waals surface area contributed by atoms with E-state index in [4.69, 9.17) is 17.3 Å². The molecular weight excluding hydrogens is 625 g/mol. The van der Waals surface area contributed by atoms with E-state index in [1.165, 1.54) is 10.5 Å². The average molecular weight is 657 g/mol. The van der Waals surface area contributed by atoms with Crippen LogP contribution in [0.2, 0.25) is 5.02 Å². The Labute approximate surface area is 265 Å². The fourth-order valence-electron chi connectivity index (χ4n) is 5.80. The Morgan fingerprint density at radius 3 is 2.38 bits per heavy atom. The first-order chi connectivity index (χ1) is 21.5. The first kappa shape index (κ1) is 32.8. The number of pyridine rings is 1. The van der Waals surface area contributed by atoms with Crippen molar-refractivity contribution in [2.24, 2.45) is 5.73 Å². The molecule has 0 spiro atoms. The fourth-order valence-corrected chi connectivity index (χ4v) is 7.60. The molecule has 45 heavy (non-hydrogen) atoms. The van der Waals surface area contributed by atoms with Crippen LogP contribution in [-0.2, 0) is 27.7 Å². The molecule has 3 N–H and O–H groups in total. The molecule has 7 nitrogen and oxygen atoms in total. The van der Waals surface area contributed by atoms with Crippen molar-refractivity contribution in [3.63, 3.8) is 0 Å². The second-order valence-corrected chi connectivity index (χ2v) is 13.3. The second kappa shape index (κ2) is 14.2. The van der Waals surface area contributed by atoms with Crippen molar-refractivity contribution in [3.8, 4) is 0 Å². The van der Waals surface area contributed by atoms with E-state index in [-0.39, 0.29) is 41.8 Å². The van der Waals surface area contributed by atoms with E-state index in [1.807, 2.05) is 0 Å². The number of hydrogen-bond donors (Lipinski definition) is 2. The van der Waals surface area contributed by atoms with Crippen molar-refractivity contribution in [3.05, 3.63) is 130 Å². The zero-order valence-electron chi connectivity index (χ0n) is 24.2. The fraction of sp³-hybridized carbons (Fsp3) is 0.273. The Hall–Kier alpha value is -3.61. The molecular formula is C33H32ClF3N4O3S. The molecule has 1 saturated heterocycles. The van der Waals surface area contributed by atoms with Crippen molar-refractivity contribution < 1.29 is 26.4 Å². The van der Waals surface area contributed by atoms with Gasteiger partial charge in [-0.1, -0.05) is 41.9 Å². The van der Waals surface area contributed by atoms with Gasteiger partial charge < -0.3 is 11.1 Å². The third-order valence-electron chi connectivity index (χ3n) is 8.04. The first-order valence-electron chi connectivity index (χ1n) is 14.4. The number of piperazine rings is 1. The Morgan fingerprint density at radius 2 is 1.69 bits per heavy atom. The van der Waals surface area contributed by atoms with Crippen molar-refractivity contribution in [2.75, 3.05) is 19.6 Å². The molecule has 1 aliphatic heterocycles. The van der Waals surface area contributed by atoms with E-state index in [2.05, 4.69) is 10.3 Å². The van der Waals surface area contributed by atoms with Crippen LogP contribution in [0.1, 0.15) is 34.6 Å². The van der Waals surface area contributed by atoms with Gasteiger partial charge in [0.1, 0.15) is 17.5 Å². The minimum Gasteiger partial charge on any atom is -0.321 e. The summed E-state index contributed by atoms with van der Waals surface area (Å²) in [6.45, 7) is 1.12. The number of aromatic nitrogens is 1. The van der Waals surface area contributed by atoms with Gasteiger partial charge in [0.2, 0.25) is 10.0 Å². The SMILES string of the molecule is N[C@H](C(=O)Cc1cncc(F)c1CC[C@H]1CNCCN1S(=O)(=O)c1ccccc1)[C@@H](c1ccc(Cl)cc1)c1cc(F)cc(F)c1. The van der Waals surface area contributed by atoms with Crippen LogP contribution in [0.4, 0.5) is 13.2 Å². The molecule has 12 heteroatoms. The van der Waals surface area contributed by atoms with E-state index in [0.29, 0.717) is 29.2 Å². The predicted molar refractivity (Wildman–Crippen MR) is 166 cm³/mol. The number of nitrogens with zero attached hydrogens (tertiary/aromatic N) is 2.